The molecule has 24 heavy (non-hydrogen) atoms. The molecule has 10 heteroatoms. The molecule has 0 saturated carbocycles. The fraction of sp³-hybridized carbons (Fsp3) is 0.0714. The summed E-state index contributed by atoms with van der Waals surface area (Å²) in [6.07, 6.45) is 0. The van der Waals surface area contributed by atoms with Gasteiger partial charge in [0.1, 0.15) is 0 Å². The molecule has 8 nitrogen and oxygen atoms in total. The maximum atomic E-state index is 10.8. The highest BCUT2D eigenvalue weighted by atomic mass is 35.5. The van der Waals surface area contributed by atoms with Gasteiger partial charge >= 0.3 is 0 Å². The minimum Gasteiger partial charge on any atom is -0.349 e. The van der Waals surface area contributed by atoms with E-state index in [0.29, 0.717) is 28.2 Å². The third kappa shape index (κ3) is 3.29. The van der Waals surface area contributed by atoms with Gasteiger partial charge in [0.15, 0.2) is 0 Å². The summed E-state index contributed by atoms with van der Waals surface area (Å²) >= 11 is 12.2. The molecule has 0 unspecified atom stereocenters. The number of nitrogens with one attached hydrogen (secondary N) is 1. The first-order chi connectivity index (χ1) is 11.6. The van der Waals surface area contributed by atoms with E-state index in [0.717, 1.165) is 5.56 Å². The Bertz CT molecular complexity index is 898. The van der Waals surface area contributed by atoms with Crippen LogP contribution in [-0.4, -0.2) is 25.1 Å². The largest absolute Gasteiger partial charge is 0.349 e. The van der Waals surface area contributed by atoms with Gasteiger partial charge in [-0.3, -0.25) is 10.1 Å². The van der Waals surface area contributed by atoms with Crippen molar-refractivity contribution in [3.05, 3.63) is 68.2 Å². The van der Waals surface area contributed by atoms with E-state index in [4.69, 9.17) is 23.2 Å². The van der Waals surface area contributed by atoms with E-state index in [1.165, 1.54) is 16.8 Å². The summed E-state index contributed by atoms with van der Waals surface area (Å²) in [5.74, 6) is 0.339. The third-order valence-corrected chi connectivity index (χ3v) is 4.01. The van der Waals surface area contributed by atoms with Gasteiger partial charge in [0.25, 0.3) is 5.69 Å². The van der Waals surface area contributed by atoms with Gasteiger partial charge < -0.3 is 5.32 Å². The van der Waals surface area contributed by atoms with Gasteiger partial charge in [-0.05, 0) is 28.1 Å². The Morgan fingerprint density at radius 1 is 1.21 bits per heavy atom. The van der Waals surface area contributed by atoms with E-state index < -0.39 is 4.92 Å². The Balaban J connectivity index is 1.83. The zero-order valence-corrected chi connectivity index (χ0v) is 13.6. The van der Waals surface area contributed by atoms with Crippen molar-refractivity contribution in [2.75, 3.05) is 5.32 Å². The highest BCUT2D eigenvalue weighted by Gasteiger charge is 2.13. The number of rotatable bonds is 5. The molecule has 1 heterocycles. The predicted octanol–water partition coefficient (Wildman–Crippen LogP) is 3.49. The highest BCUT2D eigenvalue weighted by Crippen LogP contribution is 2.29. The van der Waals surface area contributed by atoms with Crippen LogP contribution < -0.4 is 5.32 Å². The molecule has 0 bridgehead atoms. The molecule has 1 aromatic heterocycles. The molecule has 3 aromatic rings. The average Bonchev–Trinajstić information content (AvgIpc) is 3.04. The molecule has 122 valence electrons. The van der Waals surface area contributed by atoms with Crippen molar-refractivity contribution in [3.8, 4) is 5.69 Å². The lowest BCUT2D eigenvalue weighted by Crippen LogP contribution is -2.08. The van der Waals surface area contributed by atoms with Crippen molar-refractivity contribution in [2.24, 2.45) is 0 Å². The fourth-order valence-electron chi connectivity index (χ4n) is 2.08. The van der Waals surface area contributed by atoms with Crippen LogP contribution in [0.15, 0.2) is 42.5 Å². The number of tetrazole rings is 1. The average molecular weight is 365 g/mol. The molecule has 3 rings (SSSR count). The van der Waals surface area contributed by atoms with Crippen molar-refractivity contribution in [3.63, 3.8) is 0 Å². The number of anilines is 1. The van der Waals surface area contributed by atoms with Crippen LogP contribution in [0.3, 0.4) is 0 Å². The minimum absolute atomic E-state index is 0.0202. The number of hydrogen-bond acceptors (Lipinski definition) is 6. The monoisotopic (exact) mass is 364 g/mol. The molecular formula is C14H10Cl2N6O2. The van der Waals surface area contributed by atoms with Crippen LogP contribution in [0, 0.1) is 10.1 Å². The topological polar surface area (TPSA) is 98.8 Å². The Labute approximate surface area is 146 Å². The normalized spacial score (nSPS) is 10.6. The predicted molar refractivity (Wildman–Crippen MR) is 89.6 cm³/mol. The Hall–Kier alpha value is -2.71. The second kappa shape index (κ2) is 6.81. The van der Waals surface area contributed by atoms with E-state index in [9.17, 15) is 10.1 Å². The second-order valence-electron chi connectivity index (χ2n) is 4.77. The number of benzene rings is 2. The van der Waals surface area contributed by atoms with Crippen LogP contribution in [0.5, 0.6) is 0 Å². The summed E-state index contributed by atoms with van der Waals surface area (Å²) in [6, 6.07) is 11.4. The van der Waals surface area contributed by atoms with Crippen LogP contribution in [0.1, 0.15) is 5.56 Å². The van der Waals surface area contributed by atoms with Crippen molar-refractivity contribution in [2.45, 2.75) is 6.54 Å². The second-order valence-corrected chi connectivity index (χ2v) is 5.55. The lowest BCUT2D eigenvalue weighted by atomic mass is 10.2. The maximum absolute atomic E-state index is 10.8. The molecule has 0 spiro atoms. The fourth-order valence-corrected chi connectivity index (χ4v) is 2.45. The number of hydrogen-bond donors (Lipinski definition) is 1. The zero-order chi connectivity index (χ0) is 17.1. The minimum atomic E-state index is -0.445. The Morgan fingerprint density at radius 2 is 2.00 bits per heavy atom. The van der Waals surface area contributed by atoms with E-state index in [2.05, 4.69) is 20.8 Å². The summed E-state index contributed by atoms with van der Waals surface area (Å²) in [5, 5.41) is 25.9. The molecular weight excluding hydrogens is 355 g/mol. The van der Waals surface area contributed by atoms with E-state index >= 15 is 0 Å². The van der Waals surface area contributed by atoms with Gasteiger partial charge in [-0.1, -0.05) is 46.5 Å². The highest BCUT2D eigenvalue weighted by molar-refractivity contribution is 6.43. The van der Waals surface area contributed by atoms with Crippen LogP contribution in [0.2, 0.25) is 10.0 Å². The van der Waals surface area contributed by atoms with Gasteiger partial charge in [0.05, 0.1) is 20.7 Å². The summed E-state index contributed by atoms with van der Waals surface area (Å²) < 4.78 is 1.41. The first-order valence-corrected chi connectivity index (χ1v) is 7.52. The van der Waals surface area contributed by atoms with Gasteiger partial charge in [0.2, 0.25) is 5.95 Å². The number of nitro benzene ring substituents is 1. The van der Waals surface area contributed by atoms with Crippen LogP contribution in [0.25, 0.3) is 5.69 Å². The molecule has 0 aliphatic rings. The summed E-state index contributed by atoms with van der Waals surface area (Å²) in [5.41, 5.74) is 1.26. The van der Waals surface area contributed by atoms with Crippen LogP contribution >= 0.6 is 23.2 Å². The summed E-state index contributed by atoms with van der Waals surface area (Å²) in [4.78, 5) is 10.4. The Morgan fingerprint density at radius 3 is 2.79 bits per heavy atom. The summed E-state index contributed by atoms with van der Waals surface area (Å²) in [7, 11) is 0. The van der Waals surface area contributed by atoms with Crippen molar-refractivity contribution in [1.82, 2.24) is 20.2 Å². The molecule has 0 amide bonds. The molecule has 0 fully saturated rings. The van der Waals surface area contributed by atoms with Gasteiger partial charge in [-0.2, -0.15) is 4.68 Å². The number of nitro groups is 1. The van der Waals surface area contributed by atoms with Crippen LogP contribution in [0.4, 0.5) is 11.6 Å². The number of aromatic nitrogens is 4. The SMILES string of the molecule is O=[N+]([O-])c1cccc(CNc2nnnn2-c2cccc(Cl)c2Cl)c1. The van der Waals surface area contributed by atoms with Crippen molar-refractivity contribution >= 4 is 34.8 Å². The van der Waals surface area contributed by atoms with Crippen molar-refractivity contribution < 1.29 is 4.92 Å². The molecule has 0 aliphatic carbocycles. The zero-order valence-electron chi connectivity index (χ0n) is 12.1. The number of halogens is 2. The molecule has 0 saturated heterocycles. The van der Waals surface area contributed by atoms with E-state index in [1.54, 1.807) is 30.3 Å². The third-order valence-electron chi connectivity index (χ3n) is 3.20. The quantitative estimate of drug-likeness (QED) is 0.549. The molecule has 2 aromatic carbocycles. The maximum Gasteiger partial charge on any atom is 0.269 e. The van der Waals surface area contributed by atoms with Gasteiger partial charge in [0, 0.05) is 18.7 Å². The van der Waals surface area contributed by atoms with E-state index in [1.807, 2.05) is 0 Å². The standard InChI is InChI=1S/C14H10Cl2N6O2/c15-11-5-2-6-12(13(11)16)21-14(18-19-20-21)17-8-9-3-1-4-10(7-9)22(23)24/h1-7H,8H2,(H,17,18,20). The van der Waals surface area contributed by atoms with Crippen molar-refractivity contribution in [1.29, 1.82) is 0 Å². The number of nitrogens with zero attached hydrogens (tertiary/aromatic N) is 5. The lowest BCUT2D eigenvalue weighted by molar-refractivity contribution is -0.384. The van der Waals surface area contributed by atoms with Gasteiger partial charge in [-0.15, -0.1) is 0 Å². The molecule has 0 atom stereocenters. The lowest BCUT2D eigenvalue weighted by Gasteiger charge is -2.09. The summed E-state index contributed by atoms with van der Waals surface area (Å²) in [6.45, 7) is 0.306. The first-order valence-electron chi connectivity index (χ1n) is 6.76. The van der Waals surface area contributed by atoms with Gasteiger partial charge in [-0.25, -0.2) is 0 Å². The van der Waals surface area contributed by atoms with Crippen LogP contribution in [-0.2, 0) is 6.54 Å². The van der Waals surface area contributed by atoms with E-state index in [-0.39, 0.29) is 5.69 Å². The molecule has 1 N–H and O–H groups in total. The molecule has 0 radical (unpaired) electrons. The first kappa shape index (κ1) is 16.2. The smallest absolute Gasteiger partial charge is 0.269 e. The molecule has 0 aliphatic heterocycles. The number of non-ortho nitro benzene ring substituents is 1. The Kier molecular flexibility index (Phi) is 4.59.